The summed E-state index contributed by atoms with van der Waals surface area (Å²) in [5.74, 6) is -0.756. The predicted molar refractivity (Wildman–Crippen MR) is 99.5 cm³/mol. The van der Waals surface area contributed by atoms with E-state index in [-0.39, 0.29) is 23.7 Å². The molecule has 5 nitrogen and oxygen atoms in total. The highest BCUT2D eigenvalue weighted by molar-refractivity contribution is 5.94. The third-order valence-corrected chi connectivity index (χ3v) is 4.55. The number of rotatable bonds is 3. The molecule has 1 aliphatic rings. The Balaban J connectivity index is 1.60. The predicted octanol–water partition coefficient (Wildman–Crippen LogP) is 4.02. The van der Waals surface area contributed by atoms with Gasteiger partial charge in [0.1, 0.15) is 5.82 Å². The average Bonchev–Trinajstić information content (AvgIpc) is 2.65. The molecule has 1 atom stereocenters. The molecule has 0 unspecified atom stereocenters. The molecular formula is C20H22FN3O2. The first-order valence-electron chi connectivity index (χ1n) is 8.71. The largest absolute Gasteiger partial charge is 0.326 e. The van der Waals surface area contributed by atoms with Gasteiger partial charge in [0.25, 0.3) is 0 Å². The minimum absolute atomic E-state index is 0.142. The second kappa shape index (κ2) is 7.99. The summed E-state index contributed by atoms with van der Waals surface area (Å²) >= 11 is 0. The zero-order valence-electron chi connectivity index (χ0n) is 14.7. The molecule has 3 rings (SSSR count). The Morgan fingerprint density at radius 1 is 1.12 bits per heavy atom. The summed E-state index contributed by atoms with van der Waals surface area (Å²) in [5.41, 5.74) is 2.00. The van der Waals surface area contributed by atoms with Gasteiger partial charge < -0.3 is 15.5 Å². The highest BCUT2D eigenvalue weighted by Gasteiger charge is 2.28. The molecule has 0 saturated carbocycles. The summed E-state index contributed by atoms with van der Waals surface area (Å²) in [6.07, 6.45) is 1.49. The molecule has 136 valence electrons. The van der Waals surface area contributed by atoms with Crippen molar-refractivity contribution in [2.75, 3.05) is 23.7 Å². The van der Waals surface area contributed by atoms with Crippen LogP contribution in [-0.2, 0) is 4.79 Å². The Kier molecular flexibility index (Phi) is 5.51. The quantitative estimate of drug-likeness (QED) is 0.874. The fourth-order valence-corrected chi connectivity index (χ4v) is 3.10. The van der Waals surface area contributed by atoms with Crippen LogP contribution in [0, 0.1) is 18.7 Å². The van der Waals surface area contributed by atoms with Gasteiger partial charge in [-0.1, -0.05) is 18.2 Å². The second-order valence-electron chi connectivity index (χ2n) is 6.53. The number of amides is 3. The minimum atomic E-state index is -0.332. The van der Waals surface area contributed by atoms with E-state index in [0.717, 1.165) is 18.5 Å². The Bertz CT molecular complexity index is 795. The first-order valence-corrected chi connectivity index (χ1v) is 8.71. The van der Waals surface area contributed by atoms with Crippen LogP contribution in [0.5, 0.6) is 0 Å². The van der Waals surface area contributed by atoms with E-state index < -0.39 is 0 Å². The lowest BCUT2D eigenvalue weighted by Gasteiger charge is -2.32. The average molecular weight is 355 g/mol. The first kappa shape index (κ1) is 17.9. The number of nitrogens with one attached hydrogen (secondary N) is 2. The number of anilines is 2. The fraction of sp³-hybridized carbons (Fsp3) is 0.300. The van der Waals surface area contributed by atoms with Gasteiger partial charge in [0.05, 0.1) is 5.92 Å². The topological polar surface area (TPSA) is 61.4 Å². The summed E-state index contributed by atoms with van der Waals surface area (Å²) < 4.78 is 13.2. The van der Waals surface area contributed by atoms with Gasteiger partial charge in [-0.25, -0.2) is 9.18 Å². The number of aryl methyl sites for hydroxylation is 1. The van der Waals surface area contributed by atoms with Crippen LogP contribution < -0.4 is 10.6 Å². The van der Waals surface area contributed by atoms with Crippen LogP contribution in [0.1, 0.15) is 18.4 Å². The Labute approximate surface area is 152 Å². The molecule has 2 N–H and O–H groups in total. The number of likely N-dealkylation sites (tertiary alicyclic amines) is 1. The number of para-hydroxylation sites is 1. The number of piperidine rings is 1. The van der Waals surface area contributed by atoms with Gasteiger partial charge in [0.15, 0.2) is 0 Å². The van der Waals surface area contributed by atoms with Crippen molar-refractivity contribution in [2.24, 2.45) is 5.92 Å². The van der Waals surface area contributed by atoms with Crippen LogP contribution in [0.4, 0.5) is 20.6 Å². The zero-order chi connectivity index (χ0) is 18.5. The van der Waals surface area contributed by atoms with Gasteiger partial charge in [-0.15, -0.1) is 0 Å². The standard InChI is InChI=1S/C20H22FN3O2/c1-14-12-16(21)9-10-18(14)23-19(25)15-6-5-11-24(13-15)20(26)22-17-7-3-2-4-8-17/h2-4,7-10,12,15H,5-6,11,13H2,1H3,(H,22,26)(H,23,25)/t15-/m0/s1. The Morgan fingerprint density at radius 2 is 1.88 bits per heavy atom. The van der Waals surface area contributed by atoms with Gasteiger partial charge >= 0.3 is 6.03 Å². The number of carbonyl (C=O) groups excluding carboxylic acids is 2. The van der Waals surface area contributed by atoms with Crippen molar-refractivity contribution in [1.29, 1.82) is 0 Å². The van der Waals surface area contributed by atoms with Gasteiger partial charge in [-0.2, -0.15) is 0 Å². The maximum Gasteiger partial charge on any atom is 0.321 e. The molecular weight excluding hydrogens is 333 g/mol. The third kappa shape index (κ3) is 4.39. The van der Waals surface area contributed by atoms with Crippen molar-refractivity contribution in [2.45, 2.75) is 19.8 Å². The van der Waals surface area contributed by atoms with Gasteiger partial charge in [-0.05, 0) is 55.7 Å². The second-order valence-corrected chi connectivity index (χ2v) is 6.53. The van der Waals surface area contributed by atoms with Crippen molar-refractivity contribution in [3.63, 3.8) is 0 Å². The summed E-state index contributed by atoms with van der Waals surface area (Å²) in [5, 5.41) is 5.70. The lowest BCUT2D eigenvalue weighted by molar-refractivity contribution is -0.121. The highest BCUT2D eigenvalue weighted by atomic mass is 19.1. The fourth-order valence-electron chi connectivity index (χ4n) is 3.10. The molecule has 2 aromatic carbocycles. The highest BCUT2D eigenvalue weighted by Crippen LogP contribution is 2.22. The number of urea groups is 1. The SMILES string of the molecule is Cc1cc(F)ccc1NC(=O)[C@H]1CCCN(C(=O)Nc2ccccc2)C1. The smallest absolute Gasteiger partial charge is 0.321 e. The summed E-state index contributed by atoms with van der Waals surface area (Å²) in [7, 11) is 0. The third-order valence-electron chi connectivity index (χ3n) is 4.55. The molecule has 3 amide bonds. The molecule has 26 heavy (non-hydrogen) atoms. The van der Waals surface area contributed by atoms with E-state index in [1.54, 1.807) is 17.9 Å². The molecule has 0 spiro atoms. The van der Waals surface area contributed by atoms with E-state index in [9.17, 15) is 14.0 Å². The van der Waals surface area contributed by atoms with Gasteiger partial charge in [-0.3, -0.25) is 4.79 Å². The molecule has 1 aliphatic heterocycles. The lowest BCUT2D eigenvalue weighted by Crippen LogP contribution is -2.45. The maximum absolute atomic E-state index is 13.2. The summed E-state index contributed by atoms with van der Waals surface area (Å²) in [4.78, 5) is 26.7. The van der Waals surface area contributed by atoms with Crippen LogP contribution in [0.25, 0.3) is 0 Å². The van der Waals surface area contributed by atoms with Crippen LogP contribution in [0.3, 0.4) is 0 Å². The number of hydrogen-bond donors (Lipinski definition) is 2. The molecule has 1 saturated heterocycles. The summed E-state index contributed by atoms with van der Waals surface area (Å²) in [6.45, 7) is 2.74. The van der Waals surface area contributed by atoms with Crippen LogP contribution in [0.2, 0.25) is 0 Å². The minimum Gasteiger partial charge on any atom is -0.326 e. The number of carbonyl (C=O) groups is 2. The molecule has 2 aromatic rings. The van der Waals surface area contributed by atoms with Crippen LogP contribution >= 0.6 is 0 Å². The van der Waals surface area contributed by atoms with Crippen molar-refractivity contribution in [3.8, 4) is 0 Å². The van der Waals surface area contributed by atoms with Crippen LogP contribution in [0.15, 0.2) is 48.5 Å². The summed E-state index contributed by atoms with van der Waals surface area (Å²) in [6, 6.07) is 13.3. The van der Waals surface area contributed by atoms with Crippen molar-refractivity contribution in [1.82, 2.24) is 4.90 Å². The Morgan fingerprint density at radius 3 is 2.62 bits per heavy atom. The van der Waals surface area contributed by atoms with Crippen molar-refractivity contribution in [3.05, 3.63) is 59.9 Å². The number of nitrogens with zero attached hydrogens (tertiary/aromatic N) is 1. The van der Waals surface area contributed by atoms with Crippen molar-refractivity contribution < 1.29 is 14.0 Å². The molecule has 1 fully saturated rings. The van der Waals surface area contributed by atoms with E-state index in [0.29, 0.717) is 24.3 Å². The van der Waals surface area contributed by atoms with E-state index in [1.807, 2.05) is 30.3 Å². The maximum atomic E-state index is 13.2. The number of hydrogen-bond acceptors (Lipinski definition) is 2. The number of halogens is 1. The monoisotopic (exact) mass is 355 g/mol. The molecule has 0 bridgehead atoms. The van der Waals surface area contributed by atoms with E-state index in [4.69, 9.17) is 0 Å². The van der Waals surface area contributed by atoms with Crippen LogP contribution in [-0.4, -0.2) is 29.9 Å². The van der Waals surface area contributed by atoms with Gasteiger partial charge in [0, 0.05) is 24.5 Å². The van der Waals surface area contributed by atoms with E-state index >= 15 is 0 Å². The number of benzene rings is 2. The Hall–Kier alpha value is -2.89. The van der Waals surface area contributed by atoms with Gasteiger partial charge in [0.2, 0.25) is 5.91 Å². The van der Waals surface area contributed by atoms with Crippen molar-refractivity contribution >= 4 is 23.3 Å². The molecule has 0 radical (unpaired) electrons. The molecule has 0 aliphatic carbocycles. The first-order chi connectivity index (χ1) is 12.5. The van der Waals surface area contributed by atoms with E-state index in [1.165, 1.54) is 12.1 Å². The normalized spacial score (nSPS) is 16.8. The van der Waals surface area contributed by atoms with E-state index in [2.05, 4.69) is 10.6 Å². The zero-order valence-corrected chi connectivity index (χ0v) is 14.7. The lowest BCUT2D eigenvalue weighted by atomic mass is 9.97. The molecule has 6 heteroatoms. The molecule has 0 aromatic heterocycles. The molecule has 1 heterocycles.